The van der Waals surface area contributed by atoms with Crippen LogP contribution in [0.1, 0.15) is 33.6 Å². The van der Waals surface area contributed by atoms with Gasteiger partial charge in [-0.05, 0) is 39.7 Å². The molecule has 2 rings (SSSR count). The first-order valence-corrected chi connectivity index (χ1v) is 5.57. The van der Waals surface area contributed by atoms with Crippen LogP contribution in [-0.4, -0.2) is 34.5 Å². The molecule has 1 aliphatic carbocycles. The topological polar surface area (TPSA) is 46.6 Å². The Balaban J connectivity index is 2.07. The van der Waals surface area contributed by atoms with Crippen LogP contribution in [0.2, 0.25) is 0 Å². The molecule has 0 aromatic carbocycles. The van der Waals surface area contributed by atoms with Gasteiger partial charge in [0.1, 0.15) is 11.1 Å². The van der Waals surface area contributed by atoms with Crippen molar-refractivity contribution in [2.24, 2.45) is 0 Å². The third-order valence-electron chi connectivity index (χ3n) is 3.06. The van der Waals surface area contributed by atoms with E-state index in [0.717, 1.165) is 6.42 Å². The van der Waals surface area contributed by atoms with Gasteiger partial charge in [0.15, 0.2) is 5.78 Å². The van der Waals surface area contributed by atoms with Crippen LogP contribution >= 0.6 is 0 Å². The van der Waals surface area contributed by atoms with Gasteiger partial charge in [0.2, 0.25) is 0 Å². The molecule has 1 fully saturated rings. The van der Waals surface area contributed by atoms with Gasteiger partial charge in [0.05, 0.1) is 0 Å². The second-order valence-corrected chi connectivity index (χ2v) is 5.38. The highest BCUT2D eigenvalue weighted by atomic mass is 16.6. The molecule has 1 amide bonds. The van der Waals surface area contributed by atoms with Crippen LogP contribution in [0.3, 0.4) is 0 Å². The number of hydrogen-bond donors (Lipinski definition) is 0. The Morgan fingerprint density at radius 3 is 2.56 bits per heavy atom. The number of carbonyl (C=O) groups excluding carboxylic acids is 2. The molecule has 4 nitrogen and oxygen atoms in total. The fraction of sp³-hybridized carbons (Fsp3) is 0.667. The van der Waals surface area contributed by atoms with Crippen LogP contribution in [0.25, 0.3) is 0 Å². The summed E-state index contributed by atoms with van der Waals surface area (Å²) in [4.78, 5) is 25.2. The average molecular weight is 223 g/mol. The van der Waals surface area contributed by atoms with E-state index in [1.54, 1.807) is 11.0 Å². The molecule has 0 N–H and O–H groups in total. The number of hydrogen-bond acceptors (Lipinski definition) is 3. The van der Waals surface area contributed by atoms with Crippen molar-refractivity contribution >= 4 is 11.9 Å². The maximum atomic E-state index is 11.9. The van der Waals surface area contributed by atoms with E-state index < -0.39 is 11.1 Å². The van der Waals surface area contributed by atoms with Crippen molar-refractivity contribution in [1.29, 1.82) is 0 Å². The lowest BCUT2D eigenvalue weighted by Crippen LogP contribution is -2.65. The Bertz CT molecular complexity index is 367. The molecule has 16 heavy (non-hydrogen) atoms. The van der Waals surface area contributed by atoms with Crippen molar-refractivity contribution in [1.82, 2.24) is 4.90 Å². The summed E-state index contributed by atoms with van der Waals surface area (Å²) >= 11 is 0. The van der Waals surface area contributed by atoms with Crippen LogP contribution < -0.4 is 0 Å². The van der Waals surface area contributed by atoms with E-state index in [9.17, 15) is 9.59 Å². The van der Waals surface area contributed by atoms with Gasteiger partial charge in [-0.15, -0.1) is 0 Å². The molecule has 2 aliphatic rings. The normalized spacial score (nSPS) is 28.4. The minimum atomic E-state index is -0.609. The number of carbonyl (C=O) groups is 2. The van der Waals surface area contributed by atoms with Gasteiger partial charge < -0.3 is 4.74 Å². The predicted octanol–water partition coefficient (Wildman–Crippen LogP) is 1.90. The van der Waals surface area contributed by atoms with Crippen LogP contribution in [0, 0.1) is 0 Å². The Hall–Kier alpha value is -1.32. The van der Waals surface area contributed by atoms with Gasteiger partial charge in [-0.3, -0.25) is 9.69 Å². The van der Waals surface area contributed by atoms with Crippen molar-refractivity contribution in [2.75, 3.05) is 6.54 Å². The smallest absolute Gasteiger partial charge is 0.411 e. The Labute approximate surface area is 95.2 Å². The van der Waals surface area contributed by atoms with E-state index in [4.69, 9.17) is 4.74 Å². The Kier molecular flexibility index (Phi) is 2.33. The van der Waals surface area contributed by atoms with Crippen molar-refractivity contribution in [3.63, 3.8) is 0 Å². The molecule has 88 valence electrons. The third-order valence-corrected chi connectivity index (χ3v) is 3.06. The number of ketones is 1. The number of ether oxygens (including phenoxy) is 1. The molecule has 1 spiro atoms. The molecule has 0 bridgehead atoms. The van der Waals surface area contributed by atoms with E-state index in [1.807, 2.05) is 26.8 Å². The van der Waals surface area contributed by atoms with Crippen LogP contribution in [-0.2, 0) is 9.53 Å². The Morgan fingerprint density at radius 2 is 2.19 bits per heavy atom. The number of rotatable bonds is 0. The lowest BCUT2D eigenvalue weighted by Gasteiger charge is -2.48. The van der Waals surface area contributed by atoms with Gasteiger partial charge >= 0.3 is 6.09 Å². The van der Waals surface area contributed by atoms with Crippen molar-refractivity contribution in [3.8, 4) is 0 Å². The monoisotopic (exact) mass is 223 g/mol. The van der Waals surface area contributed by atoms with Crippen molar-refractivity contribution in [3.05, 3.63) is 12.2 Å². The van der Waals surface area contributed by atoms with Gasteiger partial charge in [-0.2, -0.15) is 0 Å². The summed E-state index contributed by atoms with van der Waals surface area (Å²) in [5, 5.41) is 0. The molecule has 1 atom stereocenters. The number of amides is 1. The molecule has 0 radical (unpaired) electrons. The van der Waals surface area contributed by atoms with Gasteiger partial charge in [0, 0.05) is 6.54 Å². The first-order valence-electron chi connectivity index (χ1n) is 5.57. The van der Waals surface area contributed by atoms with Gasteiger partial charge in [-0.1, -0.05) is 6.08 Å². The van der Waals surface area contributed by atoms with Crippen LogP contribution in [0.15, 0.2) is 12.2 Å². The number of likely N-dealkylation sites (tertiary alicyclic amines) is 1. The summed E-state index contributed by atoms with van der Waals surface area (Å²) in [6, 6.07) is 0. The maximum absolute atomic E-state index is 11.9. The molecule has 1 heterocycles. The molecule has 1 saturated heterocycles. The van der Waals surface area contributed by atoms with E-state index in [-0.39, 0.29) is 11.9 Å². The number of nitrogens with zero attached hydrogens (tertiary/aromatic N) is 1. The maximum Gasteiger partial charge on any atom is 0.411 e. The average Bonchev–Trinajstić information content (AvgIpc) is 2.43. The fourth-order valence-corrected chi connectivity index (χ4v) is 2.16. The predicted molar refractivity (Wildman–Crippen MR) is 59.1 cm³/mol. The molecular weight excluding hydrogens is 206 g/mol. The van der Waals surface area contributed by atoms with Crippen LogP contribution in [0.5, 0.6) is 0 Å². The van der Waals surface area contributed by atoms with Gasteiger partial charge in [0.25, 0.3) is 0 Å². The highest BCUT2D eigenvalue weighted by molar-refractivity contribution is 6.03. The Morgan fingerprint density at radius 1 is 1.50 bits per heavy atom. The molecule has 1 unspecified atom stereocenters. The van der Waals surface area contributed by atoms with E-state index in [0.29, 0.717) is 13.0 Å². The summed E-state index contributed by atoms with van der Waals surface area (Å²) in [7, 11) is 0. The lowest BCUT2D eigenvalue weighted by molar-refractivity contribution is -0.132. The molecule has 0 aromatic rings. The second kappa shape index (κ2) is 3.34. The fourth-order valence-electron chi connectivity index (χ4n) is 2.16. The standard InChI is InChI=1S/C12H17NO3/c1-11(2,3)16-10(15)13-8-7-12(13)6-4-5-9(12)14/h4-5H,6-8H2,1-3H3. The molecule has 0 aromatic heterocycles. The summed E-state index contributed by atoms with van der Waals surface area (Å²) in [5.41, 5.74) is -1.12. The van der Waals surface area contributed by atoms with E-state index in [1.165, 1.54) is 0 Å². The zero-order chi connectivity index (χ0) is 12.0. The van der Waals surface area contributed by atoms with Crippen LogP contribution in [0.4, 0.5) is 4.79 Å². The zero-order valence-electron chi connectivity index (χ0n) is 9.95. The molecule has 0 saturated carbocycles. The summed E-state index contributed by atoms with van der Waals surface area (Å²) in [5.74, 6) is 0.0320. The van der Waals surface area contributed by atoms with Crippen molar-refractivity contribution in [2.45, 2.75) is 44.8 Å². The van der Waals surface area contributed by atoms with E-state index in [2.05, 4.69) is 0 Å². The first-order chi connectivity index (χ1) is 7.35. The summed E-state index contributed by atoms with van der Waals surface area (Å²) in [6.07, 6.45) is 4.40. The second-order valence-electron chi connectivity index (χ2n) is 5.38. The molecular formula is C12H17NO3. The third kappa shape index (κ3) is 1.62. The highest BCUT2D eigenvalue weighted by Gasteiger charge is 2.54. The molecule has 4 heteroatoms. The summed E-state index contributed by atoms with van der Waals surface area (Å²) < 4.78 is 5.28. The summed E-state index contributed by atoms with van der Waals surface area (Å²) in [6.45, 7) is 6.09. The van der Waals surface area contributed by atoms with Crippen molar-refractivity contribution < 1.29 is 14.3 Å². The van der Waals surface area contributed by atoms with Gasteiger partial charge in [-0.25, -0.2) is 4.79 Å². The first kappa shape index (κ1) is 11.2. The quantitative estimate of drug-likeness (QED) is 0.630. The SMILES string of the molecule is CC(C)(C)OC(=O)N1CCC12CC=CC2=O. The minimum Gasteiger partial charge on any atom is -0.444 e. The zero-order valence-corrected chi connectivity index (χ0v) is 9.95. The van der Waals surface area contributed by atoms with E-state index >= 15 is 0 Å². The molecule has 1 aliphatic heterocycles. The largest absolute Gasteiger partial charge is 0.444 e. The minimum absolute atomic E-state index is 0.0320. The lowest BCUT2D eigenvalue weighted by atomic mass is 9.82. The highest BCUT2D eigenvalue weighted by Crippen LogP contribution is 2.39.